The Morgan fingerprint density at radius 3 is 2.60 bits per heavy atom. The second-order valence-corrected chi connectivity index (χ2v) is 6.69. The molecule has 5 unspecified atom stereocenters. The minimum atomic E-state index is -0.827. The van der Waals surface area contributed by atoms with Gasteiger partial charge >= 0.3 is 5.97 Å². The molecular formula is C15H24N2O3. The predicted octanol–water partition coefficient (Wildman–Crippen LogP) is 1.09. The van der Waals surface area contributed by atoms with E-state index in [0.29, 0.717) is 24.8 Å². The lowest BCUT2D eigenvalue weighted by Gasteiger charge is -2.35. The highest BCUT2D eigenvalue weighted by Gasteiger charge is 2.49. The van der Waals surface area contributed by atoms with Crippen LogP contribution in [0.25, 0.3) is 0 Å². The monoisotopic (exact) mass is 280 g/mol. The Morgan fingerprint density at radius 1 is 1.20 bits per heavy atom. The van der Waals surface area contributed by atoms with Gasteiger partial charge in [-0.2, -0.15) is 0 Å². The van der Waals surface area contributed by atoms with E-state index in [-0.39, 0.29) is 17.9 Å². The Hall–Kier alpha value is -1.10. The van der Waals surface area contributed by atoms with Crippen molar-refractivity contribution in [1.82, 2.24) is 10.2 Å². The molecule has 3 aliphatic rings. The van der Waals surface area contributed by atoms with Gasteiger partial charge in [0.05, 0.1) is 5.92 Å². The summed E-state index contributed by atoms with van der Waals surface area (Å²) in [5.74, 6) is -0.0914. The van der Waals surface area contributed by atoms with Crippen LogP contribution in [0.2, 0.25) is 0 Å². The number of aliphatic carboxylic acids is 1. The zero-order valence-corrected chi connectivity index (χ0v) is 12.0. The molecule has 5 atom stereocenters. The largest absolute Gasteiger partial charge is 0.480 e. The quantitative estimate of drug-likeness (QED) is 0.794. The van der Waals surface area contributed by atoms with Gasteiger partial charge in [-0.1, -0.05) is 19.8 Å². The summed E-state index contributed by atoms with van der Waals surface area (Å²) in [7, 11) is 0. The van der Waals surface area contributed by atoms with Crippen LogP contribution in [-0.4, -0.2) is 47.1 Å². The van der Waals surface area contributed by atoms with Crippen LogP contribution in [-0.2, 0) is 9.59 Å². The number of carbonyl (C=O) groups excluding carboxylic acids is 1. The molecule has 5 nitrogen and oxygen atoms in total. The Bertz CT molecular complexity index is 412. The van der Waals surface area contributed by atoms with Gasteiger partial charge in [0.1, 0.15) is 6.04 Å². The first-order valence-electron chi connectivity index (χ1n) is 7.85. The number of carboxylic acids is 1. The van der Waals surface area contributed by atoms with Crippen LogP contribution in [0.3, 0.4) is 0 Å². The van der Waals surface area contributed by atoms with E-state index in [0.717, 1.165) is 25.8 Å². The molecule has 112 valence electrons. The van der Waals surface area contributed by atoms with Crippen LogP contribution in [0, 0.1) is 17.8 Å². The number of carbonyl (C=O) groups is 2. The molecule has 0 radical (unpaired) electrons. The minimum Gasteiger partial charge on any atom is -0.480 e. The summed E-state index contributed by atoms with van der Waals surface area (Å²) in [6.07, 6.45) is 5.01. The van der Waals surface area contributed by atoms with E-state index in [1.54, 1.807) is 4.90 Å². The van der Waals surface area contributed by atoms with Crippen LogP contribution in [0.4, 0.5) is 0 Å². The summed E-state index contributed by atoms with van der Waals surface area (Å²) in [6.45, 7) is 3.63. The van der Waals surface area contributed by atoms with Gasteiger partial charge in [-0.15, -0.1) is 0 Å². The van der Waals surface area contributed by atoms with Crippen molar-refractivity contribution in [1.29, 1.82) is 0 Å². The Morgan fingerprint density at radius 2 is 1.95 bits per heavy atom. The van der Waals surface area contributed by atoms with E-state index >= 15 is 0 Å². The van der Waals surface area contributed by atoms with Crippen molar-refractivity contribution in [3.63, 3.8) is 0 Å². The van der Waals surface area contributed by atoms with E-state index in [9.17, 15) is 14.7 Å². The van der Waals surface area contributed by atoms with Gasteiger partial charge in [-0.25, -0.2) is 4.79 Å². The lowest BCUT2D eigenvalue weighted by molar-refractivity contribution is -0.152. The van der Waals surface area contributed by atoms with E-state index in [4.69, 9.17) is 0 Å². The lowest BCUT2D eigenvalue weighted by Crippen LogP contribution is -2.49. The van der Waals surface area contributed by atoms with Crippen molar-refractivity contribution < 1.29 is 14.7 Å². The summed E-state index contributed by atoms with van der Waals surface area (Å²) >= 11 is 0. The highest BCUT2D eigenvalue weighted by Crippen LogP contribution is 2.41. The number of likely N-dealkylation sites (tertiary alicyclic amines) is 1. The topological polar surface area (TPSA) is 69.6 Å². The maximum absolute atomic E-state index is 12.9. The molecule has 2 heterocycles. The van der Waals surface area contributed by atoms with Gasteiger partial charge < -0.3 is 15.3 Å². The van der Waals surface area contributed by atoms with Crippen molar-refractivity contribution in [2.45, 2.75) is 51.1 Å². The van der Waals surface area contributed by atoms with Gasteiger partial charge in [0, 0.05) is 12.6 Å². The first kappa shape index (κ1) is 13.9. The molecule has 0 aromatic rings. The second-order valence-electron chi connectivity index (χ2n) is 6.69. The third-order valence-electron chi connectivity index (χ3n) is 5.46. The lowest BCUT2D eigenvalue weighted by atomic mass is 9.84. The minimum absolute atomic E-state index is 0.0440. The van der Waals surface area contributed by atoms with Gasteiger partial charge in [0.25, 0.3) is 0 Å². The highest BCUT2D eigenvalue weighted by molar-refractivity contribution is 5.86. The van der Waals surface area contributed by atoms with Crippen LogP contribution >= 0.6 is 0 Å². The van der Waals surface area contributed by atoms with E-state index in [1.165, 1.54) is 6.42 Å². The van der Waals surface area contributed by atoms with Crippen LogP contribution in [0.1, 0.15) is 39.0 Å². The summed E-state index contributed by atoms with van der Waals surface area (Å²) in [5, 5.41) is 12.7. The molecular weight excluding hydrogens is 256 g/mol. The first-order chi connectivity index (χ1) is 9.59. The number of carboxylic acid groups (broad SMARTS) is 1. The number of fused-ring (bicyclic) bond motifs is 1. The van der Waals surface area contributed by atoms with Crippen molar-refractivity contribution in [3.8, 4) is 0 Å². The molecule has 1 saturated carbocycles. The molecule has 1 amide bonds. The number of nitrogens with zero attached hydrogens (tertiary/aromatic N) is 1. The molecule has 2 saturated heterocycles. The Labute approximate surface area is 119 Å². The van der Waals surface area contributed by atoms with Gasteiger partial charge in [-0.3, -0.25) is 4.79 Å². The molecule has 5 heteroatoms. The summed E-state index contributed by atoms with van der Waals surface area (Å²) in [5.41, 5.74) is 0. The van der Waals surface area contributed by atoms with E-state index < -0.39 is 12.0 Å². The standard InChI is InChI=1S/C15H24N2O3/c1-9-7-16-8-11(9)14(18)17-12-5-3-2-4-10(12)6-13(17)15(19)20/h9-13,16H,2-8H2,1H3,(H,19,20). The number of nitrogens with one attached hydrogen (secondary N) is 1. The van der Waals surface area contributed by atoms with Gasteiger partial charge in [0.15, 0.2) is 0 Å². The number of amides is 1. The second kappa shape index (κ2) is 5.35. The molecule has 0 bridgehead atoms. The molecule has 3 fully saturated rings. The highest BCUT2D eigenvalue weighted by atomic mass is 16.4. The van der Waals surface area contributed by atoms with Crippen molar-refractivity contribution in [3.05, 3.63) is 0 Å². The first-order valence-corrected chi connectivity index (χ1v) is 7.85. The van der Waals surface area contributed by atoms with Crippen molar-refractivity contribution >= 4 is 11.9 Å². The molecule has 0 aromatic carbocycles. The maximum atomic E-state index is 12.9. The van der Waals surface area contributed by atoms with Crippen molar-refractivity contribution in [2.75, 3.05) is 13.1 Å². The molecule has 3 rings (SSSR count). The van der Waals surface area contributed by atoms with Crippen LogP contribution < -0.4 is 5.32 Å². The number of hydrogen-bond acceptors (Lipinski definition) is 3. The molecule has 0 spiro atoms. The zero-order chi connectivity index (χ0) is 14.3. The summed E-state index contributed by atoms with van der Waals surface area (Å²) < 4.78 is 0. The van der Waals surface area contributed by atoms with Crippen LogP contribution in [0.15, 0.2) is 0 Å². The SMILES string of the molecule is CC1CNCC1C(=O)N1C(C(=O)O)CC2CCCCC21. The third kappa shape index (κ3) is 2.22. The normalized spacial score (nSPS) is 40.6. The third-order valence-corrected chi connectivity index (χ3v) is 5.46. The molecule has 1 aliphatic carbocycles. The number of hydrogen-bond donors (Lipinski definition) is 2. The Balaban J connectivity index is 1.83. The van der Waals surface area contributed by atoms with Gasteiger partial charge in [0.2, 0.25) is 5.91 Å². The van der Waals surface area contributed by atoms with Crippen molar-refractivity contribution in [2.24, 2.45) is 17.8 Å². The Kier molecular flexibility index (Phi) is 3.71. The van der Waals surface area contributed by atoms with Crippen LogP contribution in [0.5, 0.6) is 0 Å². The molecule has 0 aromatic heterocycles. The number of rotatable bonds is 2. The van der Waals surface area contributed by atoms with E-state index in [1.807, 2.05) is 0 Å². The predicted molar refractivity (Wildman–Crippen MR) is 74.2 cm³/mol. The smallest absolute Gasteiger partial charge is 0.326 e. The summed E-state index contributed by atoms with van der Waals surface area (Å²) in [4.78, 5) is 26.1. The average Bonchev–Trinajstić information content (AvgIpc) is 3.01. The maximum Gasteiger partial charge on any atom is 0.326 e. The fourth-order valence-corrected chi connectivity index (χ4v) is 4.33. The average molecular weight is 280 g/mol. The molecule has 20 heavy (non-hydrogen) atoms. The molecule has 2 N–H and O–H groups in total. The molecule has 2 aliphatic heterocycles. The van der Waals surface area contributed by atoms with E-state index in [2.05, 4.69) is 12.2 Å². The zero-order valence-electron chi connectivity index (χ0n) is 12.0. The fourth-order valence-electron chi connectivity index (χ4n) is 4.33. The summed E-state index contributed by atoms with van der Waals surface area (Å²) in [6, 6.07) is -0.423. The fraction of sp³-hybridized carbons (Fsp3) is 0.867. The van der Waals surface area contributed by atoms with Gasteiger partial charge in [-0.05, 0) is 37.6 Å².